The molecule has 0 bridgehead atoms. The van der Waals surface area contributed by atoms with Crippen LogP contribution in [0.1, 0.15) is 53.2 Å². The summed E-state index contributed by atoms with van der Waals surface area (Å²) in [5, 5.41) is 5.18. The van der Waals surface area contributed by atoms with Crippen molar-refractivity contribution < 1.29 is 0 Å². The van der Waals surface area contributed by atoms with E-state index in [9.17, 15) is 0 Å². The first kappa shape index (κ1) is 25.2. The molecule has 2 aliphatic carbocycles. The molecule has 3 unspecified atom stereocenters. The van der Waals surface area contributed by atoms with Crippen molar-refractivity contribution in [1.29, 1.82) is 0 Å². The number of aromatic nitrogens is 1. The quantitative estimate of drug-likeness (QED) is 0.233. The molecule has 3 atom stereocenters. The van der Waals surface area contributed by atoms with Gasteiger partial charge in [0.2, 0.25) is 0 Å². The predicted octanol–water partition coefficient (Wildman–Crippen LogP) is 9.69. The van der Waals surface area contributed by atoms with Gasteiger partial charge in [0.05, 0.1) is 23.3 Å². The van der Waals surface area contributed by atoms with E-state index in [1.54, 1.807) is 0 Å². The molecule has 4 aliphatic rings. The van der Waals surface area contributed by atoms with E-state index < -0.39 is 0 Å². The van der Waals surface area contributed by atoms with Crippen molar-refractivity contribution in [2.45, 2.75) is 30.8 Å². The average Bonchev–Trinajstić information content (AvgIpc) is 3.62. The van der Waals surface area contributed by atoms with E-state index in [0.717, 1.165) is 12.8 Å². The van der Waals surface area contributed by atoms with Gasteiger partial charge in [0.15, 0.2) is 0 Å². The molecule has 0 amide bonds. The zero-order chi connectivity index (χ0) is 29.0. The number of nitrogens with one attached hydrogen (secondary N) is 1. The average molecular weight is 568 g/mol. The number of benzene rings is 4. The fourth-order valence-electron chi connectivity index (χ4n) is 7.66. The minimum absolute atomic E-state index is 0.0622. The van der Waals surface area contributed by atoms with E-state index in [2.05, 4.69) is 167 Å². The van der Waals surface area contributed by atoms with Gasteiger partial charge in [-0.15, -0.1) is 0 Å². The smallest absolute Gasteiger partial charge is 0.0856 e. The second-order valence-corrected chi connectivity index (χ2v) is 12.1. The number of fused-ring (bicyclic) bond motifs is 7. The molecule has 3 heterocycles. The van der Waals surface area contributed by atoms with Crippen LogP contribution in [0.5, 0.6) is 0 Å². The highest BCUT2D eigenvalue weighted by atomic mass is 15.2. The molecule has 44 heavy (non-hydrogen) atoms. The van der Waals surface area contributed by atoms with Gasteiger partial charge in [0, 0.05) is 39.6 Å². The fraction of sp³-hybridized carbons (Fsp3) is 0.122. The Kier molecular flexibility index (Phi) is 5.83. The SMILES string of the molecule is C1=CC(C2=CC(N3c4ccccc4C4C=Cc5c(n(-c6ccccc6)c6ccccc56)C43)=CC(c3ccccc3)N2)=CCC1. The van der Waals surface area contributed by atoms with Crippen molar-refractivity contribution >= 4 is 22.7 Å². The van der Waals surface area contributed by atoms with Crippen LogP contribution in [0.15, 0.2) is 163 Å². The lowest BCUT2D eigenvalue weighted by Crippen LogP contribution is -2.33. The first-order chi connectivity index (χ1) is 21.8. The third-order valence-electron chi connectivity index (χ3n) is 9.57. The van der Waals surface area contributed by atoms with Gasteiger partial charge < -0.3 is 14.8 Å². The Labute approximate surface area is 258 Å². The molecule has 2 aliphatic heterocycles. The highest BCUT2D eigenvalue weighted by molar-refractivity contribution is 5.95. The first-order valence-corrected chi connectivity index (χ1v) is 15.7. The van der Waals surface area contributed by atoms with E-state index in [-0.39, 0.29) is 18.0 Å². The zero-order valence-electron chi connectivity index (χ0n) is 24.5. The van der Waals surface area contributed by atoms with Crippen LogP contribution in [-0.4, -0.2) is 4.57 Å². The molecule has 0 saturated carbocycles. The number of allylic oxidation sites excluding steroid dienone is 4. The Morgan fingerprint density at radius 1 is 0.727 bits per heavy atom. The normalized spacial score (nSPS) is 21.6. The molecule has 0 spiro atoms. The Bertz CT molecular complexity index is 2060. The highest BCUT2D eigenvalue weighted by Crippen LogP contribution is 2.56. The van der Waals surface area contributed by atoms with E-state index in [1.807, 2.05) is 0 Å². The van der Waals surface area contributed by atoms with Gasteiger partial charge in [-0.3, -0.25) is 0 Å². The van der Waals surface area contributed by atoms with Crippen LogP contribution in [0.25, 0.3) is 22.7 Å². The van der Waals surface area contributed by atoms with E-state index >= 15 is 0 Å². The minimum Gasteiger partial charge on any atom is -0.374 e. The number of hydrogen-bond donors (Lipinski definition) is 1. The van der Waals surface area contributed by atoms with Crippen LogP contribution in [0.4, 0.5) is 5.69 Å². The number of anilines is 1. The summed E-state index contributed by atoms with van der Waals surface area (Å²) in [4.78, 5) is 2.63. The lowest BCUT2D eigenvalue weighted by molar-refractivity contribution is 0.613. The molecule has 5 aromatic rings. The predicted molar refractivity (Wildman–Crippen MR) is 182 cm³/mol. The summed E-state index contributed by atoms with van der Waals surface area (Å²) in [7, 11) is 0. The molecule has 4 aromatic carbocycles. The molecule has 9 rings (SSSR count). The molecule has 212 valence electrons. The zero-order valence-corrected chi connectivity index (χ0v) is 24.5. The third kappa shape index (κ3) is 3.89. The number of nitrogens with zero attached hydrogens (tertiary/aromatic N) is 2. The molecule has 0 saturated heterocycles. The Morgan fingerprint density at radius 2 is 1.50 bits per heavy atom. The lowest BCUT2D eigenvalue weighted by Gasteiger charge is -2.37. The largest absolute Gasteiger partial charge is 0.374 e. The van der Waals surface area contributed by atoms with Gasteiger partial charge in [-0.25, -0.2) is 0 Å². The summed E-state index contributed by atoms with van der Waals surface area (Å²) in [6, 6.07) is 39.8. The van der Waals surface area contributed by atoms with Crippen molar-refractivity contribution in [3.63, 3.8) is 0 Å². The van der Waals surface area contributed by atoms with Crippen LogP contribution >= 0.6 is 0 Å². The van der Waals surface area contributed by atoms with Crippen LogP contribution < -0.4 is 10.2 Å². The van der Waals surface area contributed by atoms with Gasteiger partial charge in [-0.1, -0.05) is 115 Å². The number of hydrogen-bond acceptors (Lipinski definition) is 2. The van der Waals surface area contributed by atoms with Crippen molar-refractivity contribution in [3.05, 3.63) is 185 Å². The summed E-state index contributed by atoms with van der Waals surface area (Å²) >= 11 is 0. The summed E-state index contributed by atoms with van der Waals surface area (Å²) in [5.41, 5.74) is 12.7. The number of rotatable bonds is 4. The fourth-order valence-corrected chi connectivity index (χ4v) is 7.66. The van der Waals surface area contributed by atoms with Crippen molar-refractivity contribution in [3.8, 4) is 5.69 Å². The summed E-state index contributed by atoms with van der Waals surface area (Å²) in [6.45, 7) is 0. The monoisotopic (exact) mass is 567 g/mol. The molecule has 0 fully saturated rings. The van der Waals surface area contributed by atoms with Crippen molar-refractivity contribution in [2.24, 2.45) is 0 Å². The standard InChI is InChI=1S/C41H33N3/c1-4-14-28(15-5-1)36-26-31(27-37(42-36)29-16-6-2-7-17-29)44-39-23-13-11-21-33(39)35-25-24-34-32-20-10-12-22-38(32)43(40(34)41(35)44)30-18-8-3-9-19-30/h1,3-6,8-27,35-36,41-42H,2,7H2. The molecule has 3 nitrogen and oxygen atoms in total. The topological polar surface area (TPSA) is 20.2 Å². The molecule has 0 radical (unpaired) electrons. The Morgan fingerprint density at radius 3 is 2.34 bits per heavy atom. The maximum Gasteiger partial charge on any atom is 0.0856 e. The van der Waals surface area contributed by atoms with Gasteiger partial charge in [0.1, 0.15) is 0 Å². The summed E-state index contributed by atoms with van der Waals surface area (Å²) in [5.74, 6) is 0.238. The van der Waals surface area contributed by atoms with Crippen LogP contribution in [0, 0.1) is 0 Å². The summed E-state index contributed by atoms with van der Waals surface area (Å²) in [6.07, 6.45) is 18.8. The molecule has 1 N–H and O–H groups in total. The summed E-state index contributed by atoms with van der Waals surface area (Å²) < 4.78 is 2.51. The van der Waals surface area contributed by atoms with E-state index in [0.29, 0.717) is 0 Å². The van der Waals surface area contributed by atoms with E-state index in [4.69, 9.17) is 0 Å². The Hall–Kier alpha value is -5.28. The van der Waals surface area contributed by atoms with Crippen molar-refractivity contribution in [2.75, 3.05) is 4.90 Å². The van der Waals surface area contributed by atoms with Crippen LogP contribution in [-0.2, 0) is 0 Å². The number of dihydropyridines is 1. The second-order valence-electron chi connectivity index (χ2n) is 12.1. The maximum atomic E-state index is 3.89. The molecular formula is C41H33N3. The van der Waals surface area contributed by atoms with Gasteiger partial charge in [0.25, 0.3) is 0 Å². The van der Waals surface area contributed by atoms with Gasteiger partial charge in [-0.2, -0.15) is 0 Å². The molecular weight excluding hydrogens is 534 g/mol. The van der Waals surface area contributed by atoms with Gasteiger partial charge >= 0.3 is 0 Å². The Balaban J connectivity index is 1.29. The third-order valence-corrected chi connectivity index (χ3v) is 9.57. The highest BCUT2D eigenvalue weighted by Gasteiger charge is 2.45. The second kappa shape index (κ2) is 10.2. The number of para-hydroxylation sites is 3. The van der Waals surface area contributed by atoms with E-state index in [1.165, 1.54) is 61.6 Å². The first-order valence-electron chi connectivity index (χ1n) is 15.7. The van der Waals surface area contributed by atoms with Crippen LogP contribution in [0.3, 0.4) is 0 Å². The minimum atomic E-state index is 0.0622. The molecule has 1 aromatic heterocycles. The molecule has 3 heteroatoms. The lowest BCUT2D eigenvalue weighted by atomic mass is 9.85. The van der Waals surface area contributed by atoms with Crippen molar-refractivity contribution in [1.82, 2.24) is 9.88 Å². The maximum absolute atomic E-state index is 3.89. The van der Waals surface area contributed by atoms with Crippen LogP contribution in [0.2, 0.25) is 0 Å². The van der Waals surface area contributed by atoms with Gasteiger partial charge in [-0.05, 0) is 66.0 Å².